The quantitative estimate of drug-likeness (QED) is 0.526. The van der Waals surface area contributed by atoms with Gasteiger partial charge in [-0.05, 0) is 41.5 Å². The number of aromatic amines is 1. The number of aromatic nitrogens is 7. The third-order valence-corrected chi connectivity index (χ3v) is 5.00. The first kappa shape index (κ1) is 17.5. The van der Waals surface area contributed by atoms with E-state index in [2.05, 4.69) is 36.3 Å². The highest BCUT2D eigenvalue weighted by Gasteiger charge is 2.30. The minimum atomic E-state index is -0.384. The second kappa shape index (κ2) is 7.10. The third kappa shape index (κ3) is 3.36. The lowest BCUT2D eigenvalue weighted by Gasteiger charge is -2.10. The molecule has 0 radical (unpaired) electrons. The molecule has 1 fully saturated rings. The molecular formula is C19H15ClN8O. The largest absolute Gasteiger partial charge is 0.320 e. The molecule has 2 N–H and O–H groups in total. The Bertz CT molecular complexity index is 1180. The van der Waals surface area contributed by atoms with E-state index < -0.39 is 0 Å². The SMILES string of the molecule is O=C(Nc1ccc(Cl)c(-n2nnnc2C2CC2)c1)c1n[nH]nc1-c1ccccc1. The molecule has 144 valence electrons. The Kier molecular flexibility index (Phi) is 4.28. The molecule has 1 aliphatic carbocycles. The number of hydrogen-bond donors (Lipinski definition) is 2. The van der Waals surface area contributed by atoms with Crippen molar-refractivity contribution in [1.82, 2.24) is 35.6 Å². The van der Waals surface area contributed by atoms with Crippen LogP contribution >= 0.6 is 11.6 Å². The molecule has 9 nitrogen and oxygen atoms in total. The van der Waals surface area contributed by atoms with Crippen LogP contribution in [0.1, 0.15) is 35.1 Å². The summed E-state index contributed by atoms with van der Waals surface area (Å²) in [6.45, 7) is 0. The fourth-order valence-corrected chi connectivity index (χ4v) is 3.29. The maximum absolute atomic E-state index is 12.8. The van der Waals surface area contributed by atoms with Crippen molar-refractivity contribution >= 4 is 23.2 Å². The predicted octanol–water partition coefficient (Wildman–Crippen LogP) is 3.23. The van der Waals surface area contributed by atoms with Crippen molar-refractivity contribution in [2.75, 3.05) is 5.32 Å². The van der Waals surface area contributed by atoms with E-state index in [1.54, 1.807) is 22.9 Å². The Labute approximate surface area is 170 Å². The molecule has 29 heavy (non-hydrogen) atoms. The van der Waals surface area contributed by atoms with Gasteiger partial charge in [0.2, 0.25) is 0 Å². The van der Waals surface area contributed by atoms with Crippen LogP contribution in [0.5, 0.6) is 0 Å². The van der Waals surface area contributed by atoms with Gasteiger partial charge in [0.15, 0.2) is 11.5 Å². The van der Waals surface area contributed by atoms with Crippen LogP contribution in [-0.2, 0) is 0 Å². The zero-order chi connectivity index (χ0) is 19.8. The number of amides is 1. The van der Waals surface area contributed by atoms with Gasteiger partial charge in [0.25, 0.3) is 5.91 Å². The Morgan fingerprint density at radius 1 is 1.14 bits per heavy atom. The molecule has 0 spiro atoms. The molecule has 0 saturated heterocycles. The number of halogens is 1. The summed E-state index contributed by atoms with van der Waals surface area (Å²) in [6.07, 6.45) is 2.12. The molecule has 0 bridgehead atoms. The smallest absolute Gasteiger partial charge is 0.278 e. The van der Waals surface area contributed by atoms with Crippen LogP contribution in [-0.4, -0.2) is 41.5 Å². The maximum Gasteiger partial charge on any atom is 0.278 e. The van der Waals surface area contributed by atoms with Gasteiger partial charge in [0, 0.05) is 17.2 Å². The molecule has 5 rings (SSSR count). The third-order valence-electron chi connectivity index (χ3n) is 4.68. The van der Waals surface area contributed by atoms with Crippen LogP contribution in [0, 0.1) is 0 Å². The van der Waals surface area contributed by atoms with Crippen LogP contribution in [0.3, 0.4) is 0 Å². The van der Waals surface area contributed by atoms with Crippen LogP contribution in [0.2, 0.25) is 5.02 Å². The Morgan fingerprint density at radius 2 is 1.97 bits per heavy atom. The average molecular weight is 407 g/mol. The van der Waals surface area contributed by atoms with Gasteiger partial charge in [-0.25, -0.2) is 0 Å². The fraction of sp³-hybridized carbons (Fsp3) is 0.158. The van der Waals surface area contributed by atoms with Crippen molar-refractivity contribution in [2.24, 2.45) is 0 Å². The summed E-state index contributed by atoms with van der Waals surface area (Å²) in [5.74, 6) is 0.742. The topological polar surface area (TPSA) is 114 Å². The molecule has 1 amide bonds. The van der Waals surface area contributed by atoms with E-state index in [4.69, 9.17) is 11.6 Å². The normalized spacial score (nSPS) is 13.4. The number of H-pyrrole nitrogens is 1. The minimum absolute atomic E-state index is 0.203. The minimum Gasteiger partial charge on any atom is -0.320 e. The van der Waals surface area contributed by atoms with Crippen molar-refractivity contribution in [3.63, 3.8) is 0 Å². The standard InChI is InChI=1S/C19H15ClN8O/c20-14-9-8-13(10-15(14)28-18(12-6-7-12)24-26-27-28)21-19(29)17-16(22-25-23-17)11-4-2-1-3-5-11/h1-5,8-10,12H,6-7H2,(H,21,29)(H,22,23,25). The number of tetrazole rings is 1. The first-order valence-electron chi connectivity index (χ1n) is 9.06. The maximum atomic E-state index is 12.8. The number of carbonyl (C=O) groups is 1. The summed E-state index contributed by atoms with van der Waals surface area (Å²) in [7, 11) is 0. The average Bonchev–Trinajstić information content (AvgIpc) is 3.27. The van der Waals surface area contributed by atoms with Gasteiger partial charge in [-0.1, -0.05) is 41.9 Å². The number of nitrogens with one attached hydrogen (secondary N) is 2. The van der Waals surface area contributed by atoms with E-state index in [0.29, 0.717) is 28.0 Å². The van der Waals surface area contributed by atoms with Gasteiger partial charge >= 0.3 is 0 Å². The molecule has 10 heteroatoms. The number of benzene rings is 2. The lowest BCUT2D eigenvalue weighted by molar-refractivity contribution is 0.102. The number of carbonyl (C=O) groups excluding carboxylic acids is 1. The van der Waals surface area contributed by atoms with E-state index in [1.165, 1.54) is 0 Å². The number of rotatable bonds is 5. The molecule has 0 aliphatic heterocycles. The summed E-state index contributed by atoms with van der Waals surface area (Å²) in [5.41, 5.74) is 2.64. The summed E-state index contributed by atoms with van der Waals surface area (Å²) in [6, 6.07) is 14.5. The van der Waals surface area contributed by atoms with Crippen molar-refractivity contribution < 1.29 is 4.79 Å². The zero-order valence-electron chi connectivity index (χ0n) is 15.1. The lowest BCUT2D eigenvalue weighted by atomic mass is 10.1. The molecule has 0 unspecified atom stereocenters. The summed E-state index contributed by atoms with van der Waals surface area (Å²) < 4.78 is 1.63. The van der Waals surface area contributed by atoms with Gasteiger partial charge in [-0.2, -0.15) is 20.1 Å². The van der Waals surface area contributed by atoms with E-state index in [9.17, 15) is 4.79 Å². The molecule has 0 atom stereocenters. The Balaban J connectivity index is 1.44. The highest BCUT2D eigenvalue weighted by atomic mass is 35.5. The van der Waals surface area contributed by atoms with Gasteiger partial charge in [0.1, 0.15) is 5.69 Å². The molecule has 2 aromatic heterocycles. The molecule has 1 aliphatic rings. The Morgan fingerprint density at radius 3 is 2.76 bits per heavy atom. The summed E-state index contributed by atoms with van der Waals surface area (Å²) >= 11 is 6.37. The number of anilines is 1. The Hall–Kier alpha value is -3.59. The monoisotopic (exact) mass is 406 g/mol. The van der Waals surface area contributed by atoms with Crippen molar-refractivity contribution in [2.45, 2.75) is 18.8 Å². The second-order valence-corrected chi connectivity index (χ2v) is 7.14. The molecule has 2 aromatic carbocycles. The van der Waals surface area contributed by atoms with Gasteiger partial charge in [-0.3, -0.25) is 4.79 Å². The highest BCUT2D eigenvalue weighted by molar-refractivity contribution is 6.32. The van der Waals surface area contributed by atoms with Crippen LogP contribution < -0.4 is 5.32 Å². The van der Waals surface area contributed by atoms with E-state index >= 15 is 0 Å². The van der Waals surface area contributed by atoms with Crippen molar-refractivity contribution in [3.8, 4) is 16.9 Å². The lowest BCUT2D eigenvalue weighted by Crippen LogP contribution is -2.14. The first-order valence-corrected chi connectivity index (χ1v) is 9.44. The molecular weight excluding hydrogens is 392 g/mol. The molecule has 2 heterocycles. The molecule has 4 aromatic rings. The van der Waals surface area contributed by atoms with Crippen LogP contribution in [0.4, 0.5) is 5.69 Å². The number of hydrogen-bond acceptors (Lipinski definition) is 6. The highest BCUT2D eigenvalue weighted by Crippen LogP contribution is 2.40. The van der Waals surface area contributed by atoms with E-state index in [1.807, 2.05) is 30.3 Å². The second-order valence-electron chi connectivity index (χ2n) is 6.73. The zero-order valence-corrected chi connectivity index (χ0v) is 15.8. The van der Waals surface area contributed by atoms with Gasteiger partial charge in [-0.15, -0.1) is 5.10 Å². The summed E-state index contributed by atoms with van der Waals surface area (Å²) in [4.78, 5) is 12.8. The fourth-order valence-electron chi connectivity index (χ4n) is 3.09. The summed E-state index contributed by atoms with van der Waals surface area (Å²) in [5, 5.41) is 25.9. The number of nitrogens with zero attached hydrogens (tertiary/aromatic N) is 6. The van der Waals surface area contributed by atoms with Crippen molar-refractivity contribution in [1.29, 1.82) is 0 Å². The van der Waals surface area contributed by atoms with Crippen LogP contribution in [0.15, 0.2) is 48.5 Å². The van der Waals surface area contributed by atoms with Crippen molar-refractivity contribution in [3.05, 3.63) is 65.1 Å². The van der Waals surface area contributed by atoms with E-state index in [-0.39, 0.29) is 11.6 Å². The predicted molar refractivity (Wildman–Crippen MR) is 106 cm³/mol. The van der Waals surface area contributed by atoms with Crippen LogP contribution in [0.25, 0.3) is 16.9 Å². The van der Waals surface area contributed by atoms with E-state index in [0.717, 1.165) is 24.2 Å². The first-order chi connectivity index (χ1) is 14.2. The van der Waals surface area contributed by atoms with Gasteiger partial charge < -0.3 is 5.32 Å². The van der Waals surface area contributed by atoms with Gasteiger partial charge in [0.05, 0.1) is 10.7 Å². The molecule has 1 saturated carbocycles.